The fourth-order valence-electron chi connectivity index (χ4n) is 1.51. The number of anilines is 1. The summed E-state index contributed by atoms with van der Waals surface area (Å²) in [5.74, 6) is -0.672. The summed E-state index contributed by atoms with van der Waals surface area (Å²) in [6.45, 7) is 0. The Kier molecular flexibility index (Phi) is 4.46. The van der Waals surface area contributed by atoms with Gasteiger partial charge in [-0.05, 0) is 29.6 Å². The Morgan fingerprint density at radius 1 is 1.35 bits per heavy atom. The van der Waals surface area contributed by atoms with Gasteiger partial charge < -0.3 is 4.74 Å². The molecule has 2 aromatic rings. The zero-order valence-corrected chi connectivity index (χ0v) is 13.5. The molecule has 0 bridgehead atoms. The molecule has 0 radical (unpaired) electrons. The molecule has 8 heteroatoms. The lowest BCUT2D eigenvalue weighted by Crippen LogP contribution is -2.15. The number of nitrogens with one attached hydrogen (secondary N) is 1. The summed E-state index contributed by atoms with van der Waals surface area (Å²) in [6.07, 6.45) is 0. The van der Waals surface area contributed by atoms with Crippen LogP contribution in [0.2, 0.25) is 0 Å². The smallest absolute Gasteiger partial charge is 0.349 e. The average molecular weight is 376 g/mol. The molecule has 2 rings (SSSR count). The van der Waals surface area contributed by atoms with Gasteiger partial charge in [-0.15, -0.1) is 11.3 Å². The number of rotatable bonds is 4. The van der Waals surface area contributed by atoms with E-state index in [-0.39, 0.29) is 9.77 Å². The molecular weight excluding hydrogens is 366 g/mol. The summed E-state index contributed by atoms with van der Waals surface area (Å²) in [5, 5.41) is 1.53. The first-order chi connectivity index (χ1) is 9.44. The number of carbonyl (C=O) groups is 1. The maximum absolute atomic E-state index is 12.3. The number of ether oxygens (including phenoxy) is 1. The molecule has 20 heavy (non-hydrogen) atoms. The molecular formula is C12H10BrNO4S2. The number of methoxy groups -OCH3 is 1. The van der Waals surface area contributed by atoms with Crippen LogP contribution >= 0.6 is 27.3 Å². The standard InChI is InChI=1S/C12H10BrNO4S2/c1-18-12(15)11-10(5-6-19-11)20(16,17)14-9-4-2-3-8(13)7-9/h2-7,14H,1H3. The summed E-state index contributed by atoms with van der Waals surface area (Å²) < 4.78 is 32.3. The van der Waals surface area contributed by atoms with Gasteiger partial charge in [0.1, 0.15) is 9.77 Å². The minimum atomic E-state index is -3.83. The average Bonchev–Trinajstić information content (AvgIpc) is 2.87. The van der Waals surface area contributed by atoms with Crippen molar-refractivity contribution in [1.82, 2.24) is 0 Å². The van der Waals surface area contributed by atoms with Crippen LogP contribution in [0.3, 0.4) is 0 Å². The predicted molar refractivity (Wildman–Crippen MR) is 80.6 cm³/mol. The molecule has 1 heterocycles. The van der Waals surface area contributed by atoms with Crippen molar-refractivity contribution < 1.29 is 17.9 Å². The van der Waals surface area contributed by atoms with Crippen molar-refractivity contribution >= 4 is 48.9 Å². The maximum atomic E-state index is 12.3. The first kappa shape index (κ1) is 15.0. The van der Waals surface area contributed by atoms with E-state index in [0.717, 1.165) is 15.8 Å². The lowest BCUT2D eigenvalue weighted by molar-refractivity contribution is 0.0602. The third-order valence-electron chi connectivity index (χ3n) is 2.37. The van der Waals surface area contributed by atoms with Gasteiger partial charge in [0.15, 0.2) is 0 Å². The van der Waals surface area contributed by atoms with Gasteiger partial charge in [0, 0.05) is 10.2 Å². The molecule has 0 amide bonds. The number of benzene rings is 1. The van der Waals surface area contributed by atoms with Crippen LogP contribution in [0.15, 0.2) is 45.1 Å². The normalized spacial score (nSPS) is 11.1. The van der Waals surface area contributed by atoms with Gasteiger partial charge in [0.25, 0.3) is 10.0 Å². The first-order valence-corrected chi connectivity index (χ1v) is 8.54. The molecule has 0 spiro atoms. The van der Waals surface area contributed by atoms with Crippen molar-refractivity contribution in [2.24, 2.45) is 0 Å². The summed E-state index contributed by atoms with van der Waals surface area (Å²) in [5.41, 5.74) is 0.404. The van der Waals surface area contributed by atoms with Gasteiger partial charge in [-0.25, -0.2) is 13.2 Å². The van der Waals surface area contributed by atoms with Crippen LogP contribution < -0.4 is 4.72 Å². The van der Waals surface area contributed by atoms with Crippen LogP contribution in [-0.4, -0.2) is 21.5 Å². The van der Waals surface area contributed by atoms with E-state index in [4.69, 9.17) is 0 Å². The summed E-state index contributed by atoms with van der Waals surface area (Å²) in [4.78, 5) is 11.5. The van der Waals surface area contributed by atoms with Crippen molar-refractivity contribution in [3.8, 4) is 0 Å². The highest BCUT2D eigenvalue weighted by molar-refractivity contribution is 9.10. The molecule has 0 saturated carbocycles. The number of thiophene rings is 1. The third-order valence-corrected chi connectivity index (χ3v) is 5.31. The second-order valence-corrected chi connectivity index (χ2v) is 7.20. The van der Waals surface area contributed by atoms with Gasteiger partial charge in [-0.2, -0.15) is 0 Å². The van der Waals surface area contributed by atoms with Gasteiger partial charge in [-0.3, -0.25) is 4.72 Å². The predicted octanol–water partition coefficient (Wildman–Crippen LogP) is 3.10. The zero-order chi connectivity index (χ0) is 14.8. The van der Waals surface area contributed by atoms with E-state index in [9.17, 15) is 13.2 Å². The topological polar surface area (TPSA) is 72.5 Å². The molecule has 0 saturated heterocycles. The van der Waals surface area contributed by atoms with E-state index in [0.29, 0.717) is 5.69 Å². The molecule has 0 atom stereocenters. The van der Waals surface area contributed by atoms with Crippen LogP contribution in [0.1, 0.15) is 9.67 Å². The number of halogens is 1. The second-order valence-electron chi connectivity index (χ2n) is 3.72. The molecule has 0 unspecified atom stereocenters. The van der Waals surface area contributed by atoms with Crippen LogP contribution in [0.25, 0.3) is 0 Å². The van der Waals surface area contributed by atoms with Crippen molar-refractivity contribution in [3.63, 3.8) is 0 Å². The minimum Gasteiger partial charge on any atom is -0.465 e. The van der Waals surface area contributed by atoms with Crippen molar-refractivity contribution in [2.45, 2.75) is 4.90 Å². The van der Waals surface area contributed by atoms with Crippen LogP contribution in [0.5, 0.6) is 0 Å². The lowest BCUT2D eigenvalue weighted by Gasteiger charge is -2.08. The molecule has 1 aromatic carbocycles. The molecule has 1 aromatic heterocycles. The van der Waals surface area contributed by atoms with Gasteiger partial charge in [0.2, 0.25) is 0 Å². The Hall–Kier alpha value is -1.38. The fourth-order valence-corrected chi connectivity index (χ4v) is 4.30. The molecule has 0 aliphatic carbocycles. The molecule has 5 nitrogen and oxygen atoms in total. The van der Waals surface area contributed by atoms with Gasteiger partial charge in [0.05, 0.1) is 7.11 Å². The van der Waals surface area contributed by atoms with E-state index in [1.807, 2.05) is 0 Å². The van der Waals surface area contributed by atoms with E-state index >= 15 is 0 Å². The van der Waals surface area contributed by atoms with E-state index < -0.39 is 16.0 Å². The lowest BCUT2D eigenvalue weighted by atomic mass is 10.3. The minimum absolute atomic E-state index is 0.0509. The Morgan fingerprint density at radius 2 is 2.10 bits per heavy atom. The number of carbonyl (C=O) groups excluding carboxylic acids is 1. The van der Waals surface area contributed by atoms with Crippen molar-refractivity contribution in [2.75, 3.05) is 11.8 Å². The number of hydrogen-bond acceptors (Lipinski definition) is 5. The Balaban J connectivity index is 2.36. The van der Waals surface area contributed by atoms with E-state index in [1.165, 1.54) is 18.6 Å². The van der Waals surface area contributed by atoms with E-state index in [1.54, 1.807) is 24.3 Å². The molecule has 1 N–H and O–H groups in total. The van der Waals surface area contributed by atoms with Gasteiger partial charge >= 0.3 is 5.97 Å². The van der Waals surface area contributed by atoms with Crippen molar-refractivity contribution in [1.29, 1.82) is 0 Å². The zero-order valence-electron chi connectivity index (χ0n) is 10.3. The Labute approximate surface area is 128 Å². The summed E-state index contributed by atoms with van der Waals surface area (Å²) in [7, 11) is -2.63. The number of hydrogen-bond donors (Lipinski definition) is 1. The SMILES string of the molecule is COC(=O)c1sccc1S(=O)(=O)Nc1cccc(Br)c1. The summed E-state index contributed by atoms with van der Waals surface area (Å²) in [6, 6.07) is 8.10. The summed E-state index contributed by atoms with van der Waals surface area (Å²) >= 11 is 4.28. The fraction of sp³-hybridized carbons (Fsp3) is 0.0833. The van der Waals surface area contributed by atoms with Gasteiger partial charge in [-0.1, -0.05) is 22.0 Å². The highest BCUT2D eigenvalue weighted by Crippen LogP contribution is 2.26. The molecule has 106 valence electrons. The quantitative estimate of drug-likeness (QED) is 0.833. The molecule has 0 fully saturated rings. The van der Waals surface area contributed by atoms with Crippen LogP contribution in [0.4, 0.5) is 5.69 Å². The Morgan fingerprint density at radius 3 is 2.75 bits per heavy atom. The van der Waals surface area contributed by atoms with Crippen LogP contribution in [-0.2, 0) is 14.8 Å². The monoisotopic (exact) mass is 375 g/mol. The highest BCUT2D eigenvalue weighted by Gasteiger charge is 2.24. The molecule has 0 aliphatic heterocycles. The Bertz CT molecular complexity index is 739. The largest absolute Gasteiger partial charge is 0.465 e. The third kappa shape index (κ3) is 3.20. The maximum Gasteiger partial charge on any atom is 0.349 e. The van der Waals surface area contributed by atoms with E-state index in [2.05, 4.69) is 25.4 Å². The second kappa shape index (κ2) is 5.94. The molecule has 0 aliphatic rings. The van der Waals surface area contributed by atoms with Crippen molar-refractivity contribution in [3.05, 3.63) is 45.1 Å². The number of esters is 1. The number of sulfonamides is 1. The highest BCUT2D eigenvalue weighted by atomic mass is 79.9. The first-order valence-electron chi connectivity index (χ1n) is 5.38. The van der Waals surface area contributed by atoms with Crippen LogP contribution in [0, 0.1) is 0 Å².